The van der Waals surface area contributed by atoms with Gasteiger partial charge in [0.2, 0.25) is 5.91 Å². The molecule has 3 nitrogen and oxygen atoms in total. The van der Waals surface area contributed by atoms with Crippen molar-refractivity contribution in [1.29, 1.82) is 0 Å². The van der Waals surface area contributed by atoms with E-state index in [4.69, 9.17) is 0 Å². The zero-order valence-corrected chi connectivity index (χ0v) is 11.5. The Kier molecular flexibility index (Phi) is 7.25. The fourth-order valence-electron chi connectivity index (χ4n) is 2.54. The molecule has 1 fully saturated rings. The van der Waals surface area contributed by atoms with E-state index in [1.54, 1.807) is 0 Å². The Morgan fingerprint density at radius 3 is 2.47 bits per heavy atom. The van der Waals surface area contributed by atoms with Gasteiger partial charge in [-0.1, -0.05) is 26.7 Å². The number of hydrogen-bond donors (Lipinski definition) is 1. The Morgan fingerprint density at radius 2 is 1.88 bits per heavy atom. The minimum absolute atomic E-state index is 0.382. The average molecular weight is 240 g/mol. The van der Waals surface area contributed by atoms with Crippen molar-refractivity contribution in [2.75, 3.05) is 19.6 Å². The molecule has 0 saturated carbocycles. The first kappa shape index (κ1) is 14.5. The number of carbonyl (C=O) groups excluding carboxylic acids is 1. The molecule has 1 heterocycles. The van der Waals surface area contributed by atoms with Crippen LogP contribution in [0.2, 0.25) is 0 Å². The predicted molar refractivity (Wildman–Crippen MR) is 72.0 cm³/mol. The quantitative estimate of drug-likeness (QED) is 0.694. The third kappa shape index (κ3) is 5.07. The van der Waals surface area contributed by atoms with Gasteiger partial charge in [-0.3, -0.25) is 4.79 Å². The van der Waals surface area contributed by atoms with Crippen LogP contribution in [0.3, 0.4) is 0 Å². The molecule has 1 saturated heterocycles. The maximum atomic E-state index is 12.2. The number of unbranched alkanes of at least 4 members (excludes halogenated alkanes) is 2. The van der Waals surface area contributed by atoms with Crippen LogP contribution in [-0.4, -0.2) is 36.5 Å². The van der Waals surface area contributed by atoms with Gasteiger partial charge < -0.3 is 10.2 Å². The van der Waals surface area contributed by atoms with Crippen LogP contribution in [-0.2, 0) is 4.79 Å². The second-order valence-electron chi connectivity index (χ2n) is 5.03. The number of piperidine rings is 1. The van der Waals surface area contributed by atoms with E-state index in [1.165, 1.54) is 12.8 Å². The minimum Gasteiger partial charge on any atom is -0.340 e. The second-order valence-corrected chi connectivity index (χ2v) is 5.03. The van der Waals surface area contributed by atoms with Crippen molar-refractivity contribution in [3.63, 3.8) is 0 Å². The third-order valence-electron chi connectivity index (χ3n) is 3.53. The molecule has 1 N–H and O–H groups in total. The van der Waals surface area contributed by atoms with Gasteiger partial charge in [0.05, 0.1) is 0 Å². The highest BCUT2D eigenvalue weighted by molar-refractivity contribution is 5.76. The van der Waals surface area contributed by atoms with Gasteiger partial charge in [-0.15, -0.1) is 0 Å². The minimum atomic E-state index is 0.382. The summed E-state index contributed by atoms with van der Waals surface area (Å²) in [5.41, 5.74) is 0. The van der Waals surface area contributed by atoms with E-state index in [9.17, 15) is 4.79 Å². The SMILES string of the molecule is CCCCCC(=O)N(CCC)C1CCNCC1. The summed E-state index contributed by atoms with van der Waals surface area (Å²) in [6, 6.07) is 0.491. The molecule has 0 radical (unpaired) electrons. The molecule has 0 unspecified atom stereocenters. The Morgan fingerprint density at radius 1 is 1.18 bits per heavy atom. The van der Waals surface area contributed by atoms with Gasteiger partial charge in [-0.2, -0.15) is 0 Å². The standard InChI is InChI=1S/C14H28N2O/c1-3-5-6-7-14(17)16(12-4-2)13-8-10-15-11-9-13/h13,15H,3-12H2,1-2H3. The molecule has 0 atom stereocenters. The Balaban J connectivity index is 2.42. The molecule has 1 rings (SSSR count). The summed E-state index contributed by atoms with van der Waals surface area (Å²) in [6.07, 6.45) is 7.49. The Bertz CT molecular complexity index is 212. The maximum absolute atomic E-state index is 12.2. The number of nitrogens with one attached hydrogen (secondary N) is 1. The van der Waals surface area contributed by atoms with Crippen LogP contribution in [0, 0.1) is 0 Å². The van der Waals surface area contributed by atoms with Gasteiger partial charge in [0.1, 0.15) is 0 Å². The molecular weight excluding hydrogens is 212 g/mol. The molecule has 17 heavy (non-hydrogen) atoms. The van der Waals surface area contributed by atoms with Crippen molar-refractivity contribution in [3.8, 4) is 0 Å². The van der Waals surface area contributed by atoms with E-state index in [0.717, 1.165) is 51.7 Å². The van der Waals surface area contributed by atoms with E-state index in [-0.39, 0.29) is 0 Å². The highest BCUT2D eigenvalue weighted by Crippen LogP contribution is 2.15. The molecule has 1 amide bonds. The maximum Gasteiger partial charge on any atom is 0.222 e. The molecule has 1 aliphatic heterocycles. The van der Waals surface area contributed by atoms with Gasteiger partial charge in [-0.05, 0) is 38.8 Å². The molecule has 3 heteroatoms. The molecule has 0 bridgehead atoms. The van der Waals surface area contributed by atoms with Crippen molar-refractivity contribution in [2.45, 2.75) is 64.8 Å². The number of rotatable bonds is 7. The molecule has 0 aromatic rings. The summed E-state index contributed by atoms with van der Waals surface area (Å²) < 4.78 is 0. The Hall–Kier alpha value is -0.570. The van der Waals surface area contributed by atoms with E-state index in [1.807, 2.05) is 0 Å². The fourth-order valence-corrected chi connectivity index (χ4v) is 2.54. The number of amides is 1. The summed E-state index contributed by atoms with van der Waals surface area (Å²) >= 11 is 0. The van der Waals surface area contributed by atoms with Gasteiger partial charge in [0, 0.05) is 19.0 Å². The lowest BCUT2D eigenvalue weighted by Crippen LogP contribution is -2.46. The Labute approximate surface area is 106 Å². The van der Waals surface area contributed by atoms with Crippen LogP contribution in [0.15, 0.2) is 0 Å². The molecule has 100 valence electrons. The molecule has 0 spiro atoms. The van der Waals surface area contributed by atoms with Crippen LogP contribution in [0.5, 0.6) is 0 Å². The summed E-state index contributed by atoms with van der Waals surface area (Å²) in [5, 5.41) is 3.36. The molecule has 0 aromatic heterocycles. The van der Waals surface area contributed by atoms with E-state index >= 15 is 0 Å². The monoisotopic (exact) mass is 240 g/mol. The van der Waals surface area contributed by atoms with Crippen molar-refractivity contribution in [3.05, 3.63) is 0 Å². The lowest BCUT2D eigenvalue weighted by molar-refractivity contribution is -0.134. The van der Waals surface area contributed by atoms with Crippen molar-refractivity contribution < 1.29 is 4.79 Å². The van der Waals surface area contributed by atoms with Crippen LogP contribution in [0.25, 0.3) is 0 Å². The van der Waals surface area contributed by atoms with Gasteiger partial charge >= 0.3 is 0 Å². The lowest BCUT2D eigenvalue weighted by Gasteiger charge is -2.34. The first-order valence-corrected chi connectivity index (χ1v) is 7.29. The van der Waals surface area contributed by atoms with Crippen LogP contribution < -0.4 is 5.32 Å². The third-order valence-corrected chi connectivity index (χ3v) is 3.53. The zero-order chi connectivity index (χ0) is 12.5. The summed E-state index contributed by atoms with van der Waals surface area (Å²) in [6.45, 7) is 7.41. The number of carbonyl (C=O) groups is 1. The zero-order valence-electron chi connectivity index (χ0n) is 11.5. The van der Waals surface area contributed by atoms with E-state index < -0.39 is 0 Å². The van der Waals surface area contributed by atoms with Crippen LogP contribution in [0.1, 0.15) is 58.8 Å². The topological polar surface area (TPSA) is 32.3 Å². The lowest BCUT2D eigenvalue weighted by atomic mass is 10.0. The largest absolute Gasteiger partial charge is 0.340 e. The van der Waals surface area contributed by atoms with Crippen molar-refractivity contribution in [1.82, 2.24) is 10.2 Å². The first-order chi connectivity index (χ1) is 8.29. The predicted octanol–water partition coefficient (Wildman–Crippen LogP) is 2.56. The fraction of sp³-hybridized carbons (Fsp3) is 0.929. The van der Waals surface area contributed by atoms with Gasteiger partial charge in [-0.25, -0.2) is 0 Å². The van der Waals surface area contributed by atoms with Gasteiger partial charge in [0.25, 0.3) is 0 Å². The normalized spacial score (nSPS) is 17.1. The molecule has 0 aliphatic carbocycles. The second kappa shape index (κ2) is 8.51. The molecule has 0 aromatic carbocycles. The average Bonchev–Trinajstić information content (AvgIpc) is 2.37. The summed E-state index contributed by atoms with van der Waals surface area (Å²) in [7, 11) is 0. The number of hydrogen-bond acceptors (Lipinski definition) is 2. The highest BCUT2D eigenvalue weighted by atomic mass is 16.2. The summed E-state index contributed by atoms with van der Waals surface area (Å²) in [4.78, 5) is 14.4. The smallest absolute Gasteiger partial charge is 0.222 e. The molecule has 1 aliphatic rings. The number of nitrogens with zero attached hydrogens (tertiary/aromatic N) is 1. The van der Waals surface area contributed by atoms with Crippen molar-refractivity contribution in [2.24, 2.45) is 0 Å². The highest BCUT2D eigenvalue weighted by Gasteiger charge is 2.23. The van der Waals surface area contributed by atoms with E-state index in [2.05, 4.69) is 24.1 Å². The van der Waals surface area contributed by atoms with E-state index in [0.29, 0.717) is 11.9 Å². The first-order valence-electron chi connectivity index (χ1n) is 7.29. The molecular formula is C14H28N2O. The summed E-state index contributed by atoms with van der Waals surface area (Å²) in [5.74, 6) is 0.382. The van der Waals surface area contributed by atoms with Gasteiger partial charge in [0.15, 0.2) is 0 Å². The van der Waals surface area contributed by atoms with Crippen LogP contribution in [0.4, 0.5) is 0 Å². The van der Waals surface area contributed by atoms with Crippen LogP contribution >= 0.6 is 0 Å². The van der Waals surface area contributed by atoms with Crippen molar-refractivity contribution >= 4 is 5.91 Å².